The minimum atomic E-state index is 0.788. The molecular formula is C11H14ClN. The average molecular weight is 196 g/mol. The van der Waals surface area contributed by atoms with Gasteiger partial charge in [-0.15, -0.1) is 0 Å². The lowest BCUT2D eigenvalue weighted by molar-refractivity contribution is 0.809. The number of nitrogens with one attached hydrogen (secondary N) is 1. The van der Waals surface area contributed by atoms with E-state index in [1.54, 1.807) is 0 Å². The van der Waals surface area contributed by atoms with E-state index in [1.165, 1.54) is 0 Å². The van der Waals surface area contributed by atoms with Crippen molar-refractivity contribution in [3.05, 3.63) is 40.9 Å². The van der Waals surface area contributed by atoms with Crippen LogP contribution in [0.2, 0.25) is 5.02 Å². The summed E-state index contributed by atoms with van der Waals surface area (Å²) in [5, 5.41) is 3.88. The summed E-state index contributed by atoms with van der Waals surface area (Å²) in [7, 11) is 1.95. The number of halogens is 1. The molecule has 0 bridgehead atoms. The van der Waals surface area contributed by atoms with Gasteiger partial charge in [-0.25, -0.2) is 0 Å². The average Bonchev–Trinajstić information content (AvgIpc) is 2.13. The monoisotopic (exact) mass is 195 g/mol. The van der Waals surface area contributed by atoms with Gasteiger partial charge < -0.3 is 5.32 Å². The highest BCUT2D eigenvalue weighted by atomic mass is 35.5. The molecule has 0 aliphatic carbocycles. The highest BCUT2D eigenvalue weighted by Gasteiger charge is 1.87. The molecule has 0 amide bonds. The molecule has 0 aliphatic heterocycles. The molecule has 1 N–H and O–H groups in total. The number of hydrogen-bond donors (Lipinski definition) is 1. The fraction of sp³-hybridized carbons (Fsp3) is 0.273. The van der Waals surface area contributed by atoms with Crippen molar-refractivity contribution in [2.75, 3.05) is 13.6 Å². The second kappa shape index (κ2) is 5.79. The number of benzene rings is 1. The van der Waals surface area contributed by atoms with Gasteiger partial charge in [0.1, 0.15) is 0 Å². The maximum absolute atomic E-state index is 5.84. The van der Waals surface area contributed by atoms with E-state index in [9.17, 15) is 0 Å². The molecule has 0 heterocycles. The van der Waals surface area contributed by atoms with Crippen LogP contribution in [0.1, 0.15) is 12.0 Å². The first-order valence-corrected chi connectivity index (χ1v) is 4.77. The van der Waals surface area contributed by atoms with Crippen molar-refractivity contribution >= 4 is 17.7 Å². The second-order valence-corrected chi connectivity index (χ2v) is 3.29. The molecule has 70 valence electrons. The number of rotatable bonds is 4. The summed E-state index contributed by atoms with van der Waals surface area (Å²) < 4.78 is 0. The van der Waals surface area contributed by atoms with Crippen molar-refractivity contribution in [2.24, 2.45) is 0 Å². The third-order valence-corrected chi connectivity index (χ3v) is 1.96. The maximum atomic E-state index is 5.84. The molecule has 1 aromatic rings. The molecule has 0 saturated heterocycles. The molecule has 0 fully saturated rings. The summed E-state index contributed by atoms with van der Waals surface area (Å²) >= 11 is 5.84. The minimum Gasteiger partial charge on any atom is -0.319 e. The summed E-state index contributed by atoms with van der Waals surface area (Å²) in [6.07, 6.45) is 5.27. The van der Waals surface area contributed by atoms with Gasteiger partial charge in [0.25, 0.3) is 0 Å². The van der Waals surface area contributed by atoms with Gasteiger partial charge in [-0.05, 0) is 37.7 Å². The Labute approximate surface area is 84.4 Å². The van der Waals surface area contributed by atoms with Gasteiger partial charge >= 0.3 is 0 Å². The Morgan fingerprint density at radius 2 is 2.31 bits per heavy atom. The van der Waals surface area contributed by atoms with Crippen LogP contribution in [-0.4, -0.2) is 13.6 Å². The zero-order valence-corrected chi connectivity index (χ0v) is 8.51. The Morgan fingerprint density at radius 1 is 1.46 bits per heavy atom. The summed E-state index contributed by atoms with van der Waals surface area (Å²) in [6, 6.07) is 7.84. The molecule has 0 saturated carbocycles. The van der Waals surface area contributed by atoms with E-state index in [2.05, 4.69) is 17.5 Å². The van der Waals surface area contributed by atoms with Crippen LogP contribution in [-0.2, 0) is 0 Å². The third-order valence-electron chi connectivity index (χ3n) is 1.72. The standard InChI is InChI=1S/C11H14ClN/c1-13-8-3-2-5-10-6-4-7-11(12)9-10/h2,4-7,9,13H,3,8H2,1H3. The second-order valence-electron chi connectivity index (χ2n) is 2.85. The lowest BCUT2D eigenvalue weighted by Crippen LogP contribution is -2.05. The highest BCUT2D eigenvalue weighted by molar-refractivity contribution is 6.30. The topological polar surface area (TPSA) is 12.0 Å². The Balaban J connectivity index is 2.48. The normalized spacial score (nSPS) is 10.9. The lowest BCUT2D eigenvalue weighted by atomic mass is 10.2. The molecule has 13 heavy (non-hydrogen) atoms. The van der Waals surface area contributed by atoms with Crippen LogP contribution in [0, 0.1) is 0 Å². The van der Waals surface area contributed by atoms with E-state index < -0.39 is 0 Å². The van der Waals surface area contributed by atoms with Gasteiger partial charge in [-0.2, -0.15) is 0 Å². The first-order chi connectivity index (χ1) is 6.33. The van der Waals surface area contributed by atoms with Crippen molar-refractivity contribution in [3.63, 3.8) is 0 Å². The van der Waals surface area contributed by atoms with Crippen LogP contribution in [0.25, 0.3) is 6.08 Å². The summed E-state index contributed by atoms with van der Waals surface area (Å²) in [6.45, 7) is 1.01. The van der Waals surface area contributed by atoms with Crippen molar-refractivity contribution in [2.45, 2.75) is 6.42 Å². The largest absolute Gasteiger partial charge is 0.319 e. The molecule has 2 heteroatoms. The Morgan fingerprint density at radius 3 is 3.00 bits per heavy atom. The lowest BCUT2D eigenvalue weighted by Gasteiger charge is -1.94. The van der Waals surface area contributed by atoms with Gasteiger partial charge in [-0.1, -0.05) is 35.9 Å². The van der Waals surface area contributed by atoms with Crippen molar-refractivity contribution in [1.82, 2.24) is 5.32 Å². The first-order valence-electron chi connectivity index (χ1n) is 4.39. The molecule has 0 radical (unpaired) electrons. The Hall–Kier alpha value is -0.790. The Bertz CT molecular complexity index is 281. The van der Waals surface area contributed by atoms with E-state index in [4.69, 9.17) is 11.6 Å². The third kappa shape index (κ3) is 4.11. The predicted molar refractivity (Wildman–Crippen MR) is 59.0 cm³/mol. The molecular weight excluding hydrogens is 182 g/mol. The fourth-order valence-electron chi connectivity index (χ4n) is 1.06. The van der Waals surface area contributed by atoms with Crippen LogP contribution in [0.4, 0.5) is 0 Å². The summed E-state index contributed by atoms with van der Waals surface area (Å²) in [4.78, 5) is 0. The van der Waals surface area contributed by atoms with Crippen molar-refractivity contribution < 1.29 is 0 Å². The molecule has 1 rings (SSSR count). The van der Waals surface area contributed by atoms with E-state index in [-0.39, 0.29) is 0 Å². The summed E-state index contributed by atoms with van der Waals surface area (Å²) in [5.41, 5.74) is 1.16. The van der Waals surface area contributed by atoms with Crippen LogP contribution in [0.3, 0.4) is 0 Å². The first kappa shape index (κ1) is 10.3. The quantitative estimate of drug-likeness (QED) is 0.729. The molecule has 1 aromatic carbocycles. The minimum absolute atomic E-state index is 0.788. The molecule has 0 aliphatic rings. The highest BCUT2D eigenvalue weighted by Crippen LogP contribution is 2.11. The molecule has 0 spiro atoms. The SMILES string of the molecule is CNCCC=Cc1cccc(Cl)c1. The van der Waals surface area contributed by atoms with Gasteiger partial charge in [-0.3, -0.25) is 0 Å². The van der Waals surface area contributed by atoms with Gasteiger partial charge in [0.15, 0.2) is 0 Å². The van der Waals surface area contributed by atoms with E-state index in [1.807, 2.05) is 31.3 Å². The van der Waals surface area contributed by atoms with E-state index >= 15 is 0 Å². The smallest absolute Gasteiger partial charge is 0.0411 e. The zero-order valence-electron chi connectivity index (χ0n) is 7.76. The zero-order chi connectivity index (χ0) is 9.52. The molecule has 0 unspecified atom stereocenters. The van der Waals surface area contributed by atoms with Gasteiger partial charge in [0, 0.05) is 5.02 Å². The van der Waals surface area contributed by atoms with Gasteiger partial charge in [0.05, 0.1) is 0 Å². The Kier molecular flexibility index (Phi) is 4.58. The predicted octanol–water partition coefficient (Wildman–Crippen LogP) is 2.96. The molecule has 1 nitrogen and oxygen atoms in total. The van der Waals surface area contributed by atoms with Gasteiger partial charge in [0.2, 0.25) is 0 Å². The molecule has 0 aromatic heterocycles. The fourth-order valence-corrected chi connectivity index (χ4v) is 1.26. The molecule has 0 atom stereocenters. The van der Waals surface area contributed by atoms with Crippen LogP contribution in [0.15, 0.2) is 30.3 Å². The van der Waals surface area contributed by atoms with E-state index in [0.29, 0.717) is 0 Å². The number of hydrogen-bond acceptors (Lipinski definition) is 1. The van der Waals surface area contributed by atoms with Crippen LogP contribution in [0.5, 0.6) is 0 Å². The van der Waals surface area contributed by atoms with Crippen LogP contribution < -0.4 is 5.32 Å². The van der Waals surface area contributed by atoms with Crippen LogP contribution >= 0.6 is 11.6 Å². The summed E-state index contributed by atoms with van der Waals surface area (Å²) in [5.74, 6) is 0. The van der Waals surface area contributed by atoms with Crippen molar-refractivity contribution in [1.29, 1.82) is 0 Å². The van der Waals surface area contributed by atoms with E-state index in [0.717, 1.165) is 23.6 Å². The van der Waals surface area contributed by atoms with Crippen molar-refractivity contribution in [3.8, 4) is 0 Å². The maximum Gasteiger partial charge on any atom is 0.0411 e.